The molecular weight excluding hydrogens is 238 g/mol. The van der Waals surface area contributed by atoms with Crippen molar-refractivity contribution in [1.82, 2.24) is 25.1 Å². The molecule has 0 aliphatic carbocycles. The van der Waals surface area contributed by atoms with Gasteiger partial charge in [-0.15, -0.1) is 10.2 Å². The minimum Gasteiger partial charge on any atom is -0.316 e. The van der Waals surface area contributed by atoms with E-state index in [0.29, 0.717) is 11.1 Å². The molecule has 90 valence electrons. The summed E-state index contributed by atoms with van der Waals surface area (Å²) in [6.07, 6.45) is 4.33. The number of imidazole rings is 1. The van der Waals surface area contributed by atoms with Crippen LogP contribution in [0, 0.1) is 5.92 Å². The van der Waals surface area contributed by atoms with Gasteiger partial charge in [-0.2, -0.15) is 0 Å². The molecule has 1 N–H and O–H groups in total. The molecule has 0 bridgehead atoms. The maximum atomic E-state index is 5.79. The van der Waals surface area contributed by atoms with Crippen molar-refractivity contribution >= 4 is 22.8 Å². The Morgan fingerprint density at radius 2 is 2.41 bits per heavy atom. The van der Waals surface area contributed by atoms with Crippen molar-refractivity contribution < 1.29 is 0 Å². The van der Waals surface area contributed by atoms with Crippen molar-refractivity contribution in [2.45, 2.75) is 19.4 Å². The van der Waals surface area contributed by atoms with Gasteiger partial charge in [0.25, 0.3) is 0 Å². The molecule has 0 saturated carbocycles. The third kappa shape index (κ3) is 2.25. The Morgan fingerprint density at radius 1 is 1.47 bits per heavy atom. The molecular formula is C11H14ClN5. The zero-order valence-electron chi connectivity index (χ0n) is 9.43. The van der Waals surface area contributed by atoms with Crippen LogP contribution in [0.4, 0.5) is 0 Å². The van der Waals surface area contributed by atoms with E-state index in [-0.39, 0.29) is 0 Å². The van der Waals surface area contributed by atoms with Gasteiger partial charge in [0, 0.05) is 12.6 Å². The minimum absolute atomic E-state index is 0.391. The molecule has 0 aromatic carbocycles. The summed E-state index contributed by atoms with van der Waals surface area (Å²) in [6.45, 7) is 3.15. The SMILES string of the molecule is Clc1cc2ncn(C[C@@H]3CCCNC3)c2nn1. The molecule has 5 nitrogen and oxygen atoms in total. The number of rotatable bonds is 2. The highest BCUT2D eigenvalue weighted by molar-refractivity contribution is 6.29. The van der Waals surface area contributed by atoms with Crippen LogP contribution in [-0.2, 0) is 6.54 Å². The number of hydrogen-bond acceptors (Lipinski definition) is 4. The highest BCUT2D eigenvalue weighted by Crippen LogP contribution is 2.17. The fourth-order valence-electron chi connectivity index (χ4n) is 2.33. The molecule has 0 spiro atoms. The van der Waals surface area contributed by atoms with Gasteiger partial charge in [0.05, 0.1) is 6.33 Å². The Morgan fingerprint density at radius 3 is 3.24 bits per heavy atom. The van der Waals surface area contributed by atoms with Gasteiger partial charge in [-0.3, -0.25) is 0 Å². The predicted molar refractivity (Wildman–Crippen MR) is 65.9 cm³/mol. The van der Waals surface area contributed by atoms with Gasteiger partial charge in [0.2, 0.25) is 0 Å². The molecule has 1 fully saturated rings. The molecule has 6 heteroatoms. The molecule has 1 atom stereocenters. The highest BCUT2D eigenvalue weighted by Gasteiger charge is 2.15. The van der Waals surface area contributed by atoms with E-state index in [1.807, 2.05) is 6.33 Å². The summed E-state index contributed by atoms with van der Waals surface area (Å²) < 4.78 is 2.07. The van der Waals surface area contributed by atoms with Crippen molar-refractivity contribution in [3.63, 3.8) is 0 Å². The molecule has 17 heavy (non-hydrogen) atoms. The average molecular weight is 252 g/mol. The van der Waals surface area contributed by atoms with Gasteiger partial charge in [-0.1, -0.05) is 11.6 Å². The molecule has 1 saturated heterocycles. The summed E-state index contributed by atoms with van der Waals surface area (Å²) in [5, 5.41) is 11.8. The van der Waals surface area contributed by atoms with E-state index in [1.54, 1.807) is 6.07 Å². The minimum atomic E-state index is 0.391. The first-order chi connectivity index (χ1) is 8.33. The average Bonchev–Trinajstić information content (AvgIpc) is 2.73. The lowest BCUT2D eigenvalue weighted by Crippen LogP contribution is -2.32. The molecule has 0 unspecified atom stereocenters. The van der Waals surface area contributed by atoms with E-state index < -0.39 is 0 Å². The molecule has 3 rings (SSSR count). The van der Waals surface area contributed by atoms with Crippen molar-refractivity contribution in [1.29, 1.82) is 0 Å². The molecule has 1 aliphatic rings. The van der Waals surface area contributed by atoms with Gasteiger partial charge in [0.15, 0.2) is 10.8 Å². The molecule has 2 aromatic rings. The quantitative estimate of drug-likeness (QED) is 0.879. The second kappa shape index (κ2) is 4.58. The summed E-state index contributed by atoms with van der Waals surface area (Å²) in [7, 11) is 0. The van der Waals surface area contributed by atoms with Crippen molar-refractivity contribution in [2.24, 2.45) is 5.92 Å². The fourth-order valence-corrected chi connectivity index (χ4v) is 2.47. The normalized spacial score (nSPS) is 20.9. The molecule has 0 amide bonds. The van der Waals surface area contributed by atoms with Crippen LogP contribution in [0.1, 0.15) is 12.8 Å². The van der Waals surface area contributed by atoms with Crippen LogP contribution >= 0.6 is 11.6 Å². The van der Waals surface area contributed by atoms with Crippen LogP contribution in [0.15, 0.2) is 12.4 Å². The summed E-state index contributed by atoms with van der Waals surface area (Å²) in [5.74, 6) is 0.652. The third-order valence-electron chi connectivity index (χ3n) is 3.19. The van der Waals surface area contributed by atoms with Gasteiger partial charge < -0.3 is 9.88 Å². The van der Waals surface area contributed by atoms with E-state index in [2.05, 4.69) is 25.1 Å². The lowest BCUT2D eigenvalue weighted by Gasteiger charge is -2.22. The maximum Gasteiger partial charge on any atom is 0.182 e. The lowest BCUT2D eigenvalue weighted by atomic mass is 10.00. The van der Waals surface area contributed by atoms with E-state index in [9.17, 15) is 0 Å². The third-order valence-corrected chi connectivity index (χ3v) is 3.37. The van der Waals surface area contributed by atoms with Crippen LogP contribution < -0.4 is 5.32 Å². The molecule has 1 aliphatic heterocycles. The first-order valence-electron chi connectivity index (χ1n) is 5.88. The highest BCUT2D eigenvalue weighted by atomic mass is 35.5. The Balaban J connectivity index is 1.84. The van der Waals surface area contributed by atoms with Crippen molar-refractivity contribution in [3.05, 3.63) is 17.5 Å². The van der Waals surface area contributed by atoms with E-state index in [1.165, 1.54) is 12.8 Å². The Labute approximate surface area is 104 Å². The van der Waals surface area contributed by atoms with Crippen molar-refractivity contribution in [2.75, 3.05) is 13.1 Å². The number of nitrogens with zero attached hydrogens (tertiary/aromatic N) is 4. The van der Waals surface area contributed by atoms with E-state index in [0.717, 1.165) is 30.8 Å². The number of halogens is 1. The molecule has 3 heterocycles. The van der Waals surface area contributed by atoms with Gasteiger partial charge in [0.1, 0.15) is 5.52 Å². The van der Waals surface area contributed by atoms with Gasteiger partial charge >= 0.3 is 0 Å². The second-order valence-electron chi connectivity index (χ2n) is 4.49. The number of nitrogens with one attached hydrogen (secondary N) is 1. The van der Waals surface area contributed by atoms with E-state index in [4.69, 9.17) is 11.6 Å². The summed E-state index contributed by atoms with van der Waals surface area (Å²) in [6, 6.07) is 1.75. The first kappa shape index (κ1) is 10.9. The second-order valence-corrected chi connectivity index (χ2v) is 4.87. The van der Waals surface area contributed by atoms with Crippen LogP contribution in [0.25, 0.3) is 11.2 Å². The predicted octanol–water partition coefficient (Wildman–Crippen LogP) is 1.48. The smallest absolute Gasteiger partial charge is 0.182 e. The molecule has 2 aromatic heterocycles. The summed E-state index contributed by atoms with van der Waals surface area (Å²) >= 11 is 5.79. The fraction of sp³-hybridized carbons (Fsp3) is 0.545. The van der Waals surface area contributed by atoms with Crippen molar-refractivity contribution in [3.8, 4) is 0 Å². The van der Waals surface area contributed by atoms with Gasteiger partial charge in [-0.25, -0.2) is 4.98 Å². The zero-order valence-corrected chi connectivity index (χ0v) is 10.2. The Bertz CT molecular complexity index is 518. The Hall–Kier alpha value is -1.20. The number of fused-ring (bicyclic) bond motifs is 1. The lowest BCUT2D eigenvalue weighted by molar-refractivity contribution is 0.339. The zero-order chi connectivity index (χ0) is 11.7. The largest absolute Gasteiger partial charge is 0.316 e. The van der Waals surface area contributed by atoms with Crippen LogP contribution in [0.3, 0.4) is 0 Å². The number of hydrogen-bond donors (Lipinski definition) is 1. The maximum absolute atomic E-state index is 5.79. The first-order valence-corrected chi connectivity index (χ1v) is 6.25. The monoisotopic (exact) mass is 251 g/mol. The summed E-state index contributed by atoms with van der Waals surface area (Å²) in [5.41, 5.74) is 1.63. The standard InChI is InChI=1S/C11H14ClN5/c12-10-4-9-11(16-15-10)17(7-14-9)6-8-2-1-3-13-5-8/h4,7-8,13H,1-3,5-6H2/t8-/m1/s1. The van der Waals surface area contributed by atoms with Gasteiger partial charge in [-0.05, 0) is 31.8 Å². The molecule has 0 radical (unpaired) electrons. The number of piperidine rings is 1. The van der Waals surface area contributed by atoms with Crippen LogP contribution in [0.2, 0.25) is 5.15 Å². The van der Waals surface area contributed by atoms with E-state index >= 15 is 0 Å². The summed E-state index contributed by atoms with van der Waals surface area (Å²) in [4.78, 5) is 4.30. The van der Waals surface area contributed by atoms with Crippen LogP contribution in [0.5, 0.6) is 0 Å². The Kier molecular flexibility index (Phi) is 2.94. The topological polar surface area (TPSA) is 55.6 Å². The van der Waals surface area contributed by atoms with Crippen LogP contribution in [-0.4, -0.2) is 32.8 Å². The number of aromatic nitrogens is 4.